The second-order valence-corrected chi connectivity index (χ2v) is 5.61. The Labute approximate surface area is 143 Å². The van der Waals surface area contributed by atoms with Gasteiger partial charge in [0.25, 0.3) is 0 Å². The first kappa shape index (κ1) is 17.6. The maximum Gasteiger partial charge on any atom is 0.349 e. The Morgan fingerprint density at radius 1 is 1.33 bits per heavy atom. The molecular weight excluding hydrogens is 326 g/mol. The van der Waals surface area contributed by atoms with Gasteiger partial charge in [0.2, 0.25) is 10.9 Å². The molecule has 1 aromatic heterocycles. The van der Waals surface area contributed by atoms with Crippen molar-refractivity contribution in [3.05, 3.63) is 74.7 Å². The summed E-state index contributed by atoms with van der Waals surface area (Å²) in [5, 5.41) is 4.17. The van der Waals surface area contributed by atoms with E-state index in [-0.39, 0.29) is 15.8 Å². The second kappa shape index (κ2) is 8.73. The molecule has 0 saturated heterocycles. The lowest BCUT2D eigenvalue weighted by atomic mass is 10.2. The topological polar surface area (TPSA) is 73.0 Å². The van der Waals surface area contributed by atoms with Crippen LogP contribution in [0.15, 0.2) is 63.4 Å². The smallest absolute Gasteiger partial charge is 0.349 e. The number of rotatable bonds is 5. The van der Waals surface area contributed by atoms with Crippen molar-refractivity contribution in [2.24, 2.45) is 10.1 Å². The molecule has 0 aliphatic heterocycles. The molecule has 124 valence electrons. The number of aromatic nitrogens is 1. The third-order valence-electron chi connectivity index (χ3n) is 2.94. The molecule has 7 heteroatoms. The van der Waals surface area contributed by atoms with E-state index >= 15 is 0 Å². The minimum Gasteiger partial charge on any atom is -0.465 e. The number of carbonyl (C=O) groups is 1. The van der Waals surface area contributed by atoms with Crippen LogP contribution < -0.4 is 10.9 Å². The van der Waals surface area contributed by atoms with Crippen LogP contribution in [0.3, 0.4) is 0 Å². The number of hydrogen-bond acceptors (Lipinski definition) is 6. The Morgan fingerprint density at radius 3 is 2.75 bits per heavy atom. The van der Waals surface area contributed by atoms with Crippen LogP contribution in [0.4, 0.5) is 0 Å². The maximum absolute atomic E-state index is 12.3. The normalized spacial score (nSPS) is 12.2. The predicted molar refractivity (Wildman–Crippen MR) is 94.3 cm³/mol. The van der Waals surface area contributed by atoms with Crippen LogP contribution in [0.5, 0.6) is 0 Å². The molecule has 0 spiro atoms. The molecular formula is C17H17N3O3S. The number of hydrogen-bond donors (Lipinski definition) is 0. The Morgan fingerprint density at radius 2 is 2.08 bits per heavy atom. The first-order valence-electron chi connectivity index (χ1n) is 7.21. The van der Waals surface area contributed by atoms with Crippen LogP contribution >= 0.6 is 11.5 Å². The molecule has 0 aliphatic rings. The number of esters is 1. The van der Waals surface area contributed by atoms with Crippen LogP contribution in [0.1, 0.15) is 22.2 Å². The molecule has 0 amide bonds. The van der Waals surface area contributed by atoms with Gasteiger partial charge in [-0.25, -0.2) is 4.79 Å². The minimum atomic E-state index is -0.582. The molecule has 0 bridgehead atoms. The van der Waals surface area contributed by atoms with Gasteiger partial charge >= 0.3 is 5.97 Å². The zero-order valence-corrected chi connectivity index (χ0v) is 14.2. The Kier molecular flexibility index (Phi) is 6.39. The van der Waals surface area contributed by atoms with E-state index in [1.54, 1.807) is 12.2 Å². The van der Waals surface area contributed by atoms with Gasteiger partial charge in [0, 0.05) is 12.3 Å². The van der Waals surface area contributed by atoms with Gasteiger partial charge in [-0.3, -0.25) is 9.79 Å². The Bertz CT molecular complexity index is 880. The zero-order valence-electron chi connectivity index (χ0n) is 13.4. The van der Waals surface area contributed by atoms with E-state index in [4.69, 9.17) is 0 Å². The summed E-state index contributed by atoms with van der Waals surface area (Å²) in [6, 6.07) is 10.8. The standard InChI is InChI=1S/C17H17N3O3S/c1-3-4-10-19-20-16(18-12-13-8-6-5-7-9-13)14(21)11-15(24-20)17(22)23-2/h3-11H,12H2,1-2H3/b4-3+,18-16?,19-10+. The second-order valence-electron chi connectivity index (χ2n) is 4.64. The average Bonchev–Trinajstić information content (AvgIpc) is 2.61. The van der Waals surface area contributed by atoms with Gasteiger partial charge in [0.15, 0.2) is 0 Å². The van der Waals surface area contributed by atoms with Gasteiger partial charge in [-0.15, -0.1) is 0 Å². The molecule has 0 saturated carbocycles. The summed E-state index contributed by atoms with van der Waals surface area (Å²) >= 11 is 0.998. The van der Waals surface area contributed by atoms with Gasteiger partial charge in [-0.1, -0.05) is 36.4 Å². The number of ether oxygens (including phenoxy) is 1. The monoisotopic (exact) mass is 343 g/mol. The van der Waals surface area contributed by atoms with Crippen LogP contribution in [-0.2, 0) is 11.3 Å². The van der Waals surface area contributed by atoms with Crippen LogP contribution in [0, 0.1) is 0 Å². The van der Waals surface area contributed by atoms with E-state index in [9.17, 15) is 9.59 Å². The van der Waals surface area contributed by atoms with Crippen molar-refractivity contribution in [2.45, 2.75) is 13.5 Å². The van der Waals surface area contributed by atoms with E-state index in [2.05, 4.69) is 14.8 Å². The molecule has 0 N–H and O–H groups in total. The molecule has 2 rings (SSSR count). The molecule has 0 unspecified atom stereocenters. The SMILES string of the molecule is C/C=C/C=N/n1sc(C(=O)OC)cc(=O)c1=NCc1ccccc1. The van der Waals surface area contributed by atoms with Crippen molar-refractivity contribution >= 4 is 23.7 Å². The van der Waals surface area contributed by atoms with Gasteiger partial charge < -0.3 is 4.74 Å². The highest BCUT2D eigenvalue weighted by Gasteiger charge is 2.11. The van der Waals surface area contributed by atoms with E-state index in [0.717, 1.165) is 17.1 Å². The zero-order chi connectivity index (χ0) is 17.4. The van der Waals surface area contributed by atoms with Crippen molar-refractivity contribution in [3.63, 3.8) is 0 Å². The van der Waals surface area contributed by atoms with Gasteiger partial charge in [-0.05, 0) is 30.1 Å². The summed E-state index contributed by atoms with van der Waals surface area (Å²) in [6.07, 6.45) is 5.05. The summed E-state index contributed by atoms with van der Waals surface area (Å²) in [5.74, 6) is -0.582. The largest absolute Gasteiger partial charge is 0.465 e. The molecule has 1 aromatic carbocycles. The molecule has 2 aromatic rings. The Hall–Kier alpha value is -2.80. The van der Waals surface area contributed by atoms with Crippen molar-refractivity contribution in [3.8, 4) is 0 Å². The highest BCUT2D eigenvalue weighted by molar-refractivity contribution is 7.08. The first-order chi connectivity index (χ1) is 11.7. The van der Waals surface area contributed by atoms with Crippen molar-refractivity contribution in [2.75, 3.05) is 7.11 Å². The lowest BCUT2D eigenvalue weighted by Crippen LogP contribution is -2.33. The quantitative estimate of drug-likeness (QED) is 0.617. The molecule has 24 heavy (non-hydrogen) atoms. The number of benzene rings is 1. The van der Waals surface area contributed by atoms with E-state index < -0.39 is 5.97 Å². The van der Waals surface area contributed by atoms with Crippen molar-refractivity contribution in [1.82, 2.24) is 4.07 Å². The maximum atomic E-state index is 12.3. The lowest BCUT2D eigenvalue weighted by Gasteiger charge is -2.02. The molecule has 0 fully saturated rings. The predicted octanol–water partition coefficient (Wildman–Crippen LogP) is 2.21. The van der Waals surface area contributed by atoms with Gasteiger partial charge in [0.05, 0.1) is 13.7 Å². The third kappa shape index (κ3) is 4.60. The van der Waals surface area contributed by atoms with Crippen LogP contribution in [0.2, 0.25) is 0 Å². The van der Waals surface area contributed by atoms with E-state index in [1.165, 1.54) is 23.5 Å². The van der Waals surface area contributed by atoms with Crippen LogP contribution in [-0.4, -0.2) is 23.4 Å². The van der Waals surface area contributed by atoms with Crippen molar-refractivity contribution in [1.29, 1.82) is 0 Å². The molecule has 1 heterocycles. The summed E-state index contributed by atoms with van der Waals surface area (Å²) in [6.45, 7) is 2.20. The fraction of sp³-hybridized carbons (Fsp3) is 0.176. The highest BCUT2D eigenvalue weighted by atomic mass is 32.1. The summed E-state index contributed by atoms with van der Waals surface area (Å²) < 4.78 is 5.99. The van der Waals surface area contributed by atoms with Crippen LogP contribution in [0.25, 0.3) is 0 Å². The molecule has 6 nitrogen and oxygen atoms in total. The van der Waals surface area contributed by atoms with Crippen molar-refractivity contribution < 1.29 is 9.53 Å². The minimum absolute atomic E-state index is 0.164. The number of carbonyl (C=O) groups excluding carboxylic acids is 1. The fourth-order valence-corrected chi connectivity index (χ4v) is 2.63. The van der Waals surface area contributed by atoms with Gasteiger partial charge in [0.1, 0.15) is 4.88 Å². The fourth-order valence-electron chi connectivity index (χ4n) is 1.79. The summed E-state index contributed by atoms with van der Waals surface area (Å²) in [7, 11) is 1.26. The van der Waals surface area contributed by atoms with Gasteiger partial charge in [-0.2, -0.15) is 9.17 Å². The summed E-state index contributed by atoms with van der Waals surface area (Å²) in [5.41, 5.74) is 0.753. The number of nitrogens with zero attached hydrogens (tertiary/aromatic N) is 3. The highest BCUT2D eigenvalue weighted by Crippen LogP contribution is 2.05. The number of methoxy groups -OCH3 is 1. The first-order valence-corrected chi connectivity index (χ1v) is 7.99. The molecule has 0 atom stereocenters. The van der Waals surface area contributed by atoms with E-state index in [1.807, 2.05) is 37.3 Å². The summed E-state index contributed by atoms with van der Waals surface area (Å²) in [4.78, 5) is 28.5. The Balaban J connectivity index is 2.52. The third-order valence-corrected chi connectivity index (χ3v) is 3.86. The molecule has 0 radical (unpaired) electrons. The average molecular weight is 343 g/mol. The van der Waals surface area contributed by atoms with E-state index in [0.29, 0.717) is 6.54 Å². The number of allylic oxidation sites excluding steroid dienone is 2. The molecule has 0 aliphatic carbocycles. The lowest BCUT2D eigenvalue weighted by molar-refractivity contribution is 0.0605.